The van der Waals surface area contributed by atoms with Crippen molar-refractivity contribution in [3.63, 3.8) is 0 Å². The summed E-state index contributed by atoms with van der Waals surface area (Å²) in [4.78, 5) is 58.0. The first-order valence-electron chi connectivity index (χ1n) is 13.3. The molecule has 1 fully saturated rings. The first kappa shape index (κ1) is 24.1. The van der Waals surface area contributed by atoms with Gasteiger partial charge in [-0.05, 0) is 49.1 Å². The van der Waals surface area contributed by atoms with Crippen molar-refractivity contribution in [3.8, 4) is 0 Å². The van der Waals surface area contributed by atoms with Crippen molar-refractivity contribution in [2.24, 2.45) is 5.92 Å². The van der Waals surface area contributed by atoms with Crippen LogP contribution in [0.1, 0.15) is 58.4 Å². The lowest BCUT2D eigenvalue weighted by Gasteiger charge is -2.31. The summed E-state index contributed by atoms with van der Waals surface area (Å²) in [5, 5.41) is 0. The van der Waals surface area contributed by atoms with Crippen LogP contribution in [0.3, 0.4) is 0 Å². The van der Waals surface area contributed by atoms with Gasteiger partial charge in [0, 0.05) is 19.0 Å². The average molecular weight is 508 g/mol. The van der Waals surface area contributed by atoms with Crippen LogP contribution in [-0.4, -0.2) is 41.1 Å². The molecule has 6 rings (SSSR count). The van der Waals surface area contributed by atoms with Gasteiger partial charge in [-0.15, -0.1) is 0 Å². The highest BCUT2D eigenvalue weighted by Crippen LogP contribution is 2.43. The first-order valence-corrected chi connectivity index (χ1v) is 13.3. The maximum Gasteiger partial charge on any atom is 0.261 e. The molecule has 7 nitrogen and oxygen atoms in total. The zero-order chi connectivity index (χ0) is 26.2. The summed E-state index contributed by atoms with van der Waals surface area (Å²) in [6.45, 7) is 0.627. The lowest BCUT2D eigenvalue weighted by atomic mass is 10.00. The number of imide groups is 1. The predicted molar refractivity (Wildman–Crippen MR) is 144 cm³/mol. The van der Waals surface area contributed by atoms with Gasteiger partial charge in [0.2, 0.25) is 11.8 Å². The van der Waals surface area contributed by atoms with E-state index in [4.69, 9.17) is 0 Å². The average Bonchev–Trinajstić information content (AvgIpc) is 3.49. The van der Waals surface area contributed by atoms with Gasteiger partial charge < -0.3 is 9.80 Å². The van der Waals surface area contributed by atoms with E-state index in [1.54, 1.807) is 24.3 Å². The van der Waals surface area contributed by atoms with E-state index >= 15 is 0 Å². The van der Waals surface area contributed by atoms with E-state index in [9.17, 15) is 19.2 Å². The van der Waals surface area contributed by atoms with Crippen LogP contribution in [0.15, 0.2) is 78.9 Å². The third-order valence-electron chi connectivity index (χ3n) is 7.93. The standard InChI is InChI=1S/C31H29N3O4/c35-28(18-9-19-32-29(36)22-12-4-5-13-23(22)30(32)37)34-25-17-8-14-24(25)31(38)33(20-21-10-2-1-3-11-21)26-15-6-7-16-27(26)34/h1-7,10-13,15-16,24-25H,8-9,14,17-20H2/t24-,25+/m0/s1. The Balaban J connectivity index is 1.24. The Morgan fingerprint density at radius 3 is 2.08 bits per heavy atom. The fourth-order valence-electron chi connectivity index (χ4n) is 6.13. The van der Waals surface area contributed by atoms with Gasteiger partial charge in [0.1, 0.15) is 0 Å². The molecule has 3 aromatic rings. The van der Waals surface area contributed by atoms with Crippen LogP contribution in [0.4, 0.5) is 11.4 Å². The van der Waals surface area contributed by atoms with Gasteiger partial charge >= 0.3 is 0 Å². The van der Waals surface area contributed by atoms with Crippen LogP contribution in [0.2, 0.25) is 0 Å². The molecule has 0 aromatic heterocycles. The Labute approximate surface area is 221 Å². The number of hydrogen-bond acceptors (Lipinski definition) is 4. The van der Waals surface area contributed by atoms with Crippen LogP contribution >= 0.6 is 0 Å². The van der Waals surface area contributed by atoms with E-state index in [1.807, 2.05) is 64.4 Å². The molecule has 0 bridgehead atoms. The Bertz CT molecular complexity index is 1380. The second-order valence-electron chi connectivity index (χ2n) is 10.2. The van der Waals surface area contributed by atoms with Crippen LogP contribution in [0.5, 0.6) is 0 Å². The molecule has 4 amide bonds. The molecule has 2 aliphatic heterocycles. The Morgan fingerprint density at radius 2 is 1.37 bits per heavy atom. The highest BCUT2D eigenvalue weighted by molar-refractivity contribution is 6.21. The van der Waals surface area contributed by atoms with E-state index in [0.717, 1.165) is 36.2 Å². The maximum atomic E-state index is 13.8. The molecular weight excluding hydrogens is 478 g/mol. The molecule has 2 heterocycles. The molecule has 192 valence electrons. The largest absolute Gasteiger partial charge is 0.307 e. The number of carbonyl (C=O) groups excluding carboxylic acids is 4. The van der Waals surface area contributed by atoms with Crippen molar-refractivity contribution in [3.05, 3.63) is 95.6 Å². The molecular formula is C31H29N3O4. The summed E-state index contributed by atoms with van der Waals surface area (Å²) in [7, 11) is 0. The number of rotatable bonds is 6. The minimum atomic E-state index is -0.309. The normalized spacial score (nSPS) is 20.3. The van der Waals surface area contributed by atoms with Crippen molar-refractivity contribution in [2.45, 2.75) is 44.7 Å². The van der Waals surface area contributed by atoms with E-state index in [1.165, 1.54) is 4.90 Å². The monoisotopic (exact) mass is 507 g/mol. The molecule has 1 aliphatic carbocycles. The predicted octanol–water partition coefficient (Wildman–Crippen LogP) is 4.81. The molecule has 0 N–H and O–H groups in total. The number of carbonyl (C=O) groups is 4. The minimum Gasteiger partial charge on any atom is -0.307 e. The molecule has 1 saturated carbocycles. The molecule has 3 aliphatic rings. The van der Waals surface area contributed by atoms with E-state index < -0.39 is 0 Å². The molecule has 0 saturated heterocycles. The number of benzene rings is 3. The van der Waals surface area contributed by atoms with Crippen molar-refractivity contribution in [1.29, 1.82) is 0 Å². The number of anilines is 2. The molecule has 0 spiro atoms. The third kappa shape index (κ3) is 4.08. The Kier molecular flexibility index (Phi) is 6.27. The number of amides is 4. The fourth-order valence-corrected chi connectivity index (χ4v) is 6.13. The second kappa shape index (κ2) is 9.89. The molecule has 0 radical (unpaired) electrons. The highest BCUT2D eigenvalue weighted by atomic mass is 16.2. The molecule has 7 heteroatoms. The third-order valence-corrected chi connectivity index (χ3v) is 7.93. The number of hydrogen-bond donors (Lipinski definition) is 0. The van der Waals surface area contributed by atoms with Gasteiger partial charge in [-0.25, -0.2) is 0 Å². The zero-order valence-corrected chi connectivity index (χ0v) is 21.1. The summed E-state index contributed by atoms with van der Waals surface area (Å²) in [5.74, 6) is -0.899. The smallest absolute Gasteiger partial charge is 0.261 e. The van der Waals surface area contributed by atoms with Crippen LogP contribution in [-0.2, 0) is 16.1 Å². The summed E-state index contributed by atoms with van der Waals surface area (Å²) in [6.07, 6.45) is 2.96. The number of nitrogens with zero attached hydrogens (tertiary/aromatic N) is 3. The summed E-state index contributed by atoms with van der Waals surface area (Å²) in [5.41, 5.74) is 3.35. The van der Waals surface area contributed by atoms with Crippen LogP contribution < -0.4 is 9.80 Å². The number of fused-ring (bicyclic) bond motifs is 3. The van der Waals surface area contributed by atoms with Gasteiger partial charge in [0.15, 0.2) is 0 Å². The van der Waals surface area contributed by atoms with Crippen molar-refractivity contribution < 1.29 is 19.2 Å². The summed E-state index contributed by atoms with van der Waals surface area (Å²) in [6, 6.07) is 24.1. The van der Waals surface area contributed by atoms with E-state index in [2.05, 4.69) is 0 Å². The van der Waals surface area contributed by atoms with Gasteiger partial charge in [0.05, 0.1) is 35.0 Å². The van der Waals surface area contributed by atoms with E-state index in [0.29, 0.717) is 24.1 Å². The first-order chi connectivity index (χ1) is 18.5. The molecule has 38 heavy (non-hydrogen) atoms. The van der Waals surface area contributed by atoms with Crippen LogP contribution in [0.25, 0.3) is 0 Å². The molecule has 2 atom stereocenters. The van der Waals surface area contributed by atoms with E-state index in [-0.39, 0.29) is 48.6 Å². The molecule has 0 unspecified atom stereocenters. The summed E-state index contributed by atoms with van der Waals surface area (Å²) >= 11 is 0. The lowest BCUT2D eigenvalue weighted by molar-refractivity contribution is -0.123. The maximum absolute atomic E-state index is 13.8. The number of para-hydroxylation sites is 2. The van der Waals surface area contributed by atoms with Gasteiger partial charge in [0.25, 0.3) is 11.8 Å². The summed E-state index contributed by atoms with van der Waals surface area (Å²) < 4.78 is 0. The second-order valence-corrected chi connectivity index (χ2v) is 10.2. The zero-order valence-electron chi connectivity index (χ0n) is 21.1. The van der Waals surface area contributed by atoms with Crippen LogP contribution in [0, 0.1) is 5.92 Å². The van der Waals surface area contributed by atoms with Gasteiger partial charge in [-0.3, -0.25) is 24.1 Å². The van der Waals surface area contributed by atoms with Crippen molar-refractivity contribution in [2.75, 3.05) is 16.3 Å². The fraction of sp³-hybridized carbons (Fsp3) is 0.290. The van der Waals surface area contributed by atoms with Crippen molar-refractivity contribution in [1.82, 2.24) is 4.90 Å². The topological polar surface area (TPSA) is 78.0 Å². The Morgan fingerprint density at radius 1 is 0.737 bits per heavy atom. The van der Waals surface area contributed by atoms with Gasteiger partial charge in [-0.1, -0.05) is 61.0 Å². The lowest BCUT2D eigenvalue weighted by Crippen LogP contribution is -2.45. The quantitative estimate of drug-likeness (QED) is 0.449. The SMILES string of the molecule is O=C1c2ccccc2C(=O)N1CCCC(=O)N1c2ccccc2N(Cc2ccccc2)C(=O)[C@H]2CCC[C@H]21. The van der Waals surface area contributed by atoms with Gasteiger partial charge in [-0.2, -0.15) is 0 Å². The Hall–Kier alpha value is -4.26. The minimum absolute atomic E-state index is 0.0603. The highest BCUT2D eigenvalue weighted by Gasteiger charge is 2.45. The van der Waals surface area contributed by atoms with Crippen molar-refractivity contribution >= 4 is 35.0 Å². The molecule has 3 aromatic carbocycles.